The molecule has 0 atom stereocenters. The van der Waals surface area contributed by atoms with Crippen LogP contribution in [0.5, 0.6) is 0 Å². The van der Waals surface area contributed by atoms with Crippen LogP contribution in [-0.2, 0) is 16.3 Å². The van der Waals surface area contributed by atoms with Crippen molar-refractivity contribution in [1.82, 2.24) is 9.78 Å². The number of hydrogen-bond acceptors (Lipinski definition) is 3. The normalized spacial score (nSPS) is 10.3. The van der Waals surface area contributed by atoms with Crippen LogP contribution >= 0.6 is 0 Å². The average molecular weight is 211 g/mol. The van der Waals surface area contributed by atoms with Crippen LogP contribution in [-0.4, -0.2) is 22.3 Å². The van der Waals surface area contributed by atoms with Gasteiger partial charge in [0.25, 0.3) is 0 Å². The fourth-order valence-corrected chi connectivity index (χ4v) is 1.13. The van der Waals surface area contributed by atoms with Crippen molar-refractivity contribution in [3.63, 3.8) is 0 Å². The quantitative estimate of drug-likeness (QED) is 0.777. The topological polar surface area (TPSA) is 56.2 Å². The standard InChI is InChI=1S/C10H17N3O2/c1-3-5-10(14)12-9-6-11-13(7-9)8-15-4-2/h6-7H,3-5,8H2,1-2H3,(H,12,14). The molecule has 0 aromatic carbocycles. The molecule has 0 aliphatic carbocycles. The number of ether oxygens (including phenoxy) is 1. The smallest absolute Gasteiger partial charge is 0.224 e. The van der Waals surface area contributed by atoms with Gasteiger partial charge in [0, 0.05) is 13.0 Å². The predicted molar refractivity (Wildman–Crippen MR) is 57.4 cm³/mol. The van der Waals surface area contributed by atoms with E-state index in [0.29, 0.717) is 25.4 Å². The summed E-state index contributed by atoms with van der Waals surface area (Å²) in [6.07, 6.45) is 4.76. The number of amides is 1. The summed E-state index contributed by atoms with van der Waals surface area (Å²) in [5.41, 5.74) is 0.716. The molecule has 1 N–H and O–H groups in total. The Bertz CT molecular complexity index is 309. The minimum absolute atomic E-state index is 0.0217. The molecule has 15 heavy (non-hydrogen) atoms. The van der Waals surface area contributed by atoms with Crippen LogP contribution in [0.4, 0.5) is 5.69 Å². The number of rotatable bonds is 6. The van der Waals surface area contributed by atoms with Gasteiger partial charge in [0.2, 0.25) is 5.91 Å². The Labute approximate surface area is 89.4 Å². The van der Waals surface area contributed by atoms with Gasteiger partial charge in [0.1, 0.15) is 6.73 Å². The van der Waals surface area contributed by atoms with Gasteiger partial charge in [-0.05, 0) is 13.3 Å². The molecule has 0 bridgehead atoms. The lowest BCUT2D eigenvalue weighted by Crippen LogP contribution is -2.10. The number of hydrogen-bond donors (Lipinski definition) is 1. The maximum absolute atomic E-state index is 11.3. The average Bonchev–Trinajstić information content (AvgIpc) is 2.63. The third kappa shape index (κ3) is 4.12. The van der Waals surface area contributed by atoms with Crippen molar-refractivity contribution in [2.45, 2.75) is 33.4 Å². The molecule has 0 saturated carbocycles. The van der Waals surface area contributed by atoms with Gasteiger partial charge in [0.15, 0.2) is 0 Å². The van der Waals surface area contributed by atoms with E-state index in [2.05, 4.69) is 10.4 Å². The maximum Gasteiger partial charge on any atom is 0.224 e. The Morgan fingerprint density at radius 3 is 3.07 bits per heavy atom. The highest BCUT2D eigenvalue weighted by Crippen LogP contribution is 2.05. The first-order chi connectivity index (χ1) is 7.26. The van der Waals surface area contributed by atoms with E-state index in [1.54, 1.807) is 17.1 Å². The second-order valence-electron chi connectivity index (χ2n) is 3.19. The molecule has 5 heteroatoms. The monoisotopic (exact) mass is 211 g/mol. The zero-order valence-electron chi connectivity index (χ0n) is 9.19. The summed E-state index contributed by atoms with van der Waals surface area (Å²) in [6.45, 7) is 4.96. The summed E-state index contributed by atoms with van der Waals surface area (Å²) in [5, 5.41) is 6.81. The lowest BCUT2D eigenvalue weighted by atomic mass is 10.3. The number of nitrogens with zero attached hydrogens (tertiary/aromatic N) is 2. The maximum atomic E-state index is 11.3. The van der Waals surface area contributed by atoms with Crippen LogP contribution in [0.2, 0.25) is 0 Å². The van der Waals surface area contributed by atoms with Crippen molar-refractivity contribution in [3.05, 3.63) is 12.4 Å². The Kier molecular flexibility index (Phi) is 4.83. The lowest BCUT2D eigenvalue weighted by Gasteiger charge is -2.00. The molecule has 1 amide bonds. The molecule has 1 aromatic heterocycles. The van der Waals surface area contributed by atoms with E-state index in [9.17, 15) is 4.79 Å². The first-order valence-corrected chi connectivity index (χ1v) is 5.16. The van der Waals surface area contributed by atoms with Crippen molar-refractivity contribution in [1.29, 1.82) is 0 Å². The largest absolute Gasteiger partial charge is 0.360 e. The number of carbonyl (C=O) groups excluding carboxylic acids is 1. The van der Waals surface area contributed by atoms with E-state index >= 15 is 0 Å². The zero-order chi connectivity index (χ0) is 11.1. The van der Waals surface area contributed by atoms with Crippen LogP contribution in [0.1, 0.15) is 26.7 Å². The Morgan fingerprint density at radius 1 is 1.60 bits per heavy atom. The SMILES string of the molecule is CCCC(=O)Nc1cnn(COCC)c1. The fourth-order valence-electron chi connectivity index (χ4n) is 1.13. The van der Waals surface area contributed by atoms with Crippen LogP contribution < -0.4 is 5.32 Å². The van der Waals surface area contributed by atoms with Crippen LogP contribution in [0.25, 0.3) is 0 Å². The van der Waals surface area contributed by atoms with Gasteiger partial charge in [0.05, 0.1) is 18.1 Å². The summed E-state index contributed by atoms with van der Waals surface area (Å²) >= 11 is 0. The third-order valence-corrected chi connectivity index (χ3v) is 1.82. The van der Waals surface area contributed by atoms with Crippen molar-refractivity contribution < 1.29 is 9.53 Å². The molecule has 0 saturated heterocycles. The number of anilines is 1. The van der Waals surface area contributed by atoms with Gasteiger partial charge >= 0.3 is 0 Å². The van der Waals surface area contributed by atoms with E-state index in [4.69, 9.17) is 4.74 Å². The van der Waals surface area contributed by atoms with Crippen LogP contribution in [0.15, 0.2) is 12.4 Å². The first-order valence-electron chi connectivity index (χ1n) is 5.16. The molecule has 84 valence electrons. The van der Waals surface area contributed by atoms with Crippen molar-refractivity contribution in [2.75, 3.05) is 11.9 Å². The summed E-state index contributed by atoms with van der Waals surface area (Å²) < 4.78 is 6.82. The minimum Gasteiger partial charge on any atom is -0.360 e. The highest BCUT2D eigenvalue weighted by atomic mass is 16.5. The highest BCUT2D eigenvalue weighted by molar-refractivity contribution is 5.90. The molecular weight excluding hydrogens is 194 g/mol. The molecule has 0 radical (unpaired) electrons. The molecular formula is C10H17N3O2. The van der Waals surface area contributed by atoms with E-state index in [0.717, 1.165) is 6.42 Å². The molecule has 0 aliphatic rings. The van der Waals surface area contributed by atoms with Gasteiger partial charge in [-0.2, -0.15) is 5.10 Å². The highest BCUT2D eigenvalue weighted by Gasteiger charge is 2.02. The van der Waals surface area contributed by atoms with Crippen molar-refractivity contribution >= 4 is 11.6 Å². The Hall–Kier alpha value is -1.36. The number of aromatic nitrogens is 2. The minimum atomic E-state index is 0.0217. The summed E-state index contributed by atoms with van der Waals surface area (Å²) in [5.74, 6) is 0.0217. The first kappa shape index (κ1) is 11.7. The molecule has 5 nitrogen and oxygen atoms in total. The molecule has 1 heterocycles. The van der Waals surface area contributed by atoms with Crippen molar-refractivity contribution in [2.24, 2.45) is 0 Å². The molecule has 0 aliphatic heterocycles. The second kappa shape index (κ2) is 6.19. The van der Waals surface area contributed by atoms with Crippen LogP contribution in [0.3, 0.4) is 0 Å². The fraction of sp³-hybridized carbons (Fsp3) is 0.600. The molecule has 0 fully saturated rings. The van der Waals surface area contributed by atoms with Gasteiger partial charge < -0.3 is 10.1 Å². The number of carbonyl (C=O) groups is 1. The third-order valence-electron chi connectivity index (χ3n) is 1.82. The van der Waals surface area contributed by atoms with E-state index < -0.39 is 0 Å². The predicted octanol–water partition coefficient (Wildman–Crippen LogP) is 1.62. The lowest BCUT2D eigenvalue weighted by molar-refractivity contribution is -0.116. The molecule has 1 rings (SSSR count). The Balaban J connectivity index is 2.42. The zero-order valence-corrected chi connectivity index (χ0v) is 9.19. The molecule has 0 spiro atoms. The van der Waals surface area contributed by atoms with Gasteiger partial charge in [-0.3, -0.25) is 4.79 Å². The van der Waals surface area contributed by atoms with E-state index in [1.165, 1.54) is 0 Å². The van der Waals surface area contributed by atoms with Gasteiger partial charge in [-0.15, -0.1) is 0 Å². The number of nitrogens with one attached hydrogen (secondary N) is 1. The molecule has 1 aromatic rings. The van der Waals surface area contributed by atoms with E-state index in [1.807, 2.05) is 13.8 Å². The summed E-state index contributed by atoms with van der Waals surface area (Å²) in [6, 6.07) is 0. The molecule has 0 unspecified atom stereocenters. The van der Waals surface area contributed by atoms with Crippen LogP contribution in [0, 0.1) is 0 Å². The Morgan fingerprint density at radius 2 is 2.40 bits per heavy atom. The summed E-state index contributed by atoms with van der Waals surface area (Å²) in [4.78, 5) is 11.3. The second-order valence-corrected chi connectivity index (χ2v) is 3.19. The summed E-state index contributed by atoms with van der Waals surface area (Å²) in [7, 11) is 0. The van der Waals surface area contributed by atoms with Gasteiger partial charge in [-0.1, -0.05) is 6.92 Å². The van der Waals surface area contributed by atoms with E-state index in [-0.39, 0.29) is 5.91 Å². The van der Waals surface area contributed by atoms with Gasteiger partial charge in [-0.25, -0.2) is 4.68 Å². The van der Waals surface area contributed by atoms with Crippen molar-refractivity contribution in [3.8, 4) is 0 Å².